The number of rotatable bonds is 9. The molecule has 142 valence electrons. The number of nitrogens with zero attached hydrogens (tertiary/aromatic N) is 1. The van der Waals surface area contributed by atoms with Crippen LogP contribution in [0.4, 0.5) is 4.39 Å². The third-order valence-corrected chi connectivity index (χ3v) is 4.26. The van der Waals surface area contributed by atoms with Gasteiger partial charge in [-0.25, -0.2) is 4.39 Å². The zero-order valence-corrected chi connectivity index (χ0v) is 15.5. The first-order valence-electron chi connectivity index (χ1n) is 9.01. The Bertz CT molecular complexity index is 760. The van der Waals surface area contributed by atoms with Gasteiger partial charge in [0.2, 0.25) is 11.8 Å². The molecular formula is C22H25FN2O2. The zero-order valence-electron chi connectivity index (χ0n) is 15.5. The highest BCUT2D eigenvalue weighted by Crippen LogP contribution is 2.16. The van der Waals surface area contributed by atoms with Crippen LogP contribution in [0, 0.1) is 5.82 Å². The molecule has 0 unspecified atom stereocenters. The van der Waals surface area contributed by atoms with Crippen molar-refractivity contribution < 1.29 is 14.0 Å². The van der Waals surface area contributed by atoms with Gasteiger partial charge >= 0.3 is 0 Å². The predicted molar refractivity (Wildman–Crippen MR) is 104 cm³/mol. The molecule has 0 saturated heterocycles. The third-order valence-electron chi connectivity index (χ3n) is 4.26. The Morgan fingerprint density at radius 2 is 1.78 bits per heavy atom. The van der Waals surface area contributed by atoms with Crippen molar-refractivity contribution in [2.24, 2.45) is 0 Å². The van der Waals surface area contributed by atoms with E-state index in [0.717, 1.165) is 11.1 Å². The van der Waals surface area contributed by atoms with Crippen molar-refractivity contribution in [2.45, 2.75) is 32.4 Å². The highest BCUT2D eigenvalue weighted by atomic mass is 19.1. The van der Waals surface area contributed by atoms with Gasteiger partial charge in [-0.05, 0) is 23.3 Å². The molecule has 2 aromatic rings. The van der Waals surface area contributed by atoms with Crippen molar-refractivity contribution in [3.63, 3.8) is 0 Å². The number of hydrogen-bond acceptors (Lipinski definition) is 2. The number of nitrogens with one attached hydrogen (secondary N) is 1. The maximum atomic E-state index is 13.2. The average molecular weight is 368 g/mol. The fourth-order valence-electron chi connectivity index (χ4n) is 2.83. The van der Waals surface area contributed by atoms with E-state index in [1.165, 1.54) is 12.1 Å². The van der Waals surface area contributed by atoms with Gasteiger partial charge in [0.05, 0.1) is 0 Å². The maximum Gasteiger partial charge on any atom is 0.243 e. The molecule has 4 nitrogen and oxygen atoms in total. The molecule has 2 rings (SSSR count). The third kappa shape index (κ3) is 6.06. The van der Waals surface area contributed by atoms with E-state index in [1.807, 2.05) is 30.3 Å². The van der Waals surface area contributed by atoms with E-state index < -0.39 is 6.04 Å². The standard InChI is InChI=1S/C22H25FN2O2/c1-3-14-24-22(27)20(15-17-8-6-5-7-9-17)25(21(26)4-2)16-18-10-12-19(23)13-11-18/h3,5-13,20H,1,4,14-16H2,2H3,(H,24,27)/t20-/m0/s1. The predicted octanol–water partition coefficient (Wildman–Crippen LogP) is 3.48. The second-order valence-corrected chi connectivity index (χ2v) is 6.24. The van der Waals surface area contributed by atoms with Crippen molar-refractivity contribution in [3.8, 4) is 0 Å². The molecule has 0 radical (unpaired) electrons. The Hall–Kier alpha value is -2.95. The Balaban J connectivity index is 2.31. The van der Waals surface area contributed by atoms with E-state index in [4.69, 9.17) is 0 Å². The Morgan fingerprint density at radius 3 is 2.37 bits per heavy atom. The van der Waals surface area contributed by atoms with Gasteiger partial charge in [-0.1, -0.05) is 55.5 Å². The van der Waals surface area contributed by atoms with Gasteiger partial charge in [-0.15, -0.1) is 6.58 Å². The van der Waals surface area contributed by atoms with Crippen molar-refractivity contribution >= 4 is 11.8 Å². The molecule has 0 heterocycles. The summed E-state index contributed by atoms with van der Waals surface area (Å²) in [5.41, 5.74) is 1.73. The summed E-state index contributed by atoms with van der Waals surface area (Å²) >= 11 is 0. The van der Waals surface area contributed by atoms with E-state index in [9.17, 15) is 14.0 Å². The fourth-order valence-corrected chi connectivity index (χ4v) is 2.83. The van der Waals surface area contributed by atoms with Crippen LogP contribution in [0.1, 0.15) is 24.5 Å². The minimum absolute atomic E-state index is 0.131. The second-order valence-electron chi connectivity index (χ2n) is 6.24. The lowest BCUT2D eigenvalue weighted by molar-refractivity contribution is -0.140. The monoisotopic (exact) mass is 368 g/mol. The summed E-state index contributed by atoms with van der Waals surface area (Å²) in [5.74, 6) is -0.701. The minimum Gasteiger partial charge on any atom is -0.351 e. The number of hydrogen-bond donors (Lipinski definition) is 1. The summed E-state index contributed by atoms with van der Waals surface area (Å²) in [6.45, 7) is 5.95. The lowest BCUT2D eigenvalue weighted by Gasteiger charge is -2.31. The van der Waals surface area contributed by atoms with E-state index >= 15 is 0 Å². The molecule has 1 N–H and O–H groups in total. The Labute approximate surface area is 159 Å². The summed E-state index contributed by atoms with van der Waals surface area (Å²) in [6, 6.07) is 14.9. The van der Waals surface area contributed by atoms with Crippen LogP contribution in [0.15, 0.2) is 67.3 Å². The molecule has 0 aromatic heterocycles. The van der Waals surface area contributed by atoms with Gasteiger partial charge in [0.1, 0.15) is 11.9 Å². The smallest absolute Gasteiger partial charge is 0.243 e. The lowest BCUT2D eigenvalue weighted by Crippen LogP contribution is -2.50. The molecule has 5 heteroatoms. The molecular weight excluding hydrogens is 343 g/mol. The number of halogens is 1. The van der Waals surface area contributed by atoms with E-state index in [1.54, 1.807) is 30.0 Å². The molecule has 0 aliphatic heterocycles. The van der Waals surface area contributed by atoms with Crippen LogP contribution in [-0.2, 0) is 22.6 Å². The highest BCUT2D eigenvalue weighted by Gasteiger charge is 2.29. The molecule has 2 aromatic carbocycles. The van der Waals surface area contributed by atoms with Gasteiger partial charge < -0.3 is 10.2 Å². The van der Waals surface area contributed by atoms with Gasteiger partial charge in [0.25, 0.3) is 0 Å². The molecule has 0 fully saturated rings. The molecule has 0 spiro atoms. The Kier molecular flexibility index (Phi) is 7.74. The fraction of sp³-hybridized carbons (Fsp3) is 0.273. The first-order valence-corrected chi connectivity index (χ1v) is 9.01. The van der Waals surface area contributed by atoms with Gasteiger partial charge in [0, 0.05) is 25.9 Å². The van der Waals surface area contributed by atoms with Gasteiger partial charge in [-0.2, -0.15) is 0 Å². The maximum absolute atomic E-state index is 13.2. The van der Waals surface area contributed by atoms with Crippen molar-refractivity contribution in [1.82, 2.24) is 10.2 Å². The number of carbonyl (C=O) groups excluding carboxylic acids is 2. The van der Waals surface area contributed by atoms with Crippen molar-refractivity contribution in [3.05, 3.63) is 84.2 Å². The molecule has 27 heavy (non-hydrogen) atoms. The quantitative estimate of drug-likeness (QED) is 0.689. The molecule has 0 aliphatic rings. The molecule has 0 bridgehead atoms. The van der Waals surface area contributed by atoms with Crippen LogP contribution in [-0.4, -0.2) is 29.3 Å². The van der Waals surface area contributed by atoms with Gasteiger partial charge in [-0.3, -0.25) is 9.59 Å². The first-order chi connectivity index (χ1) is 13.0. The van der Waals surface area contributed by atoms with Crippen LogP contribution in [0.25, 0.3) is 0 Å². The number of amides is 2. The van der Waals surface area contributed by atoms with E-state index in [-0.39, 0.29) is 30.6 Å². The van der Waals surface area contributed by atoms with Crippen molar-refractivity contribution in [2.75, 3.05) is 6.54 Å². The van der Waals surface area contributed by atoms with Crippen LogP contribution < -0.4 is 5.32 Å². The summed E-state index contributed by atoms with van der Waals surface area (Å²) in [6.07, 6.45) is 2.28. The number of carbonyl (C=O) groups is 2. The highest BCUT2D eigenvalue weighted by molar-refractivity contribution is 5.88. The van der Waals surface area contributed by atoms with Gasteiger partial charge in [0.15, 0.2) is 0 Å². The second kappa shape index (κ2) is 10.3. The first kappa shape index (κ1) is 20.4. The topological polar surface area (TPSA) is 49.4 Å². The Morgan fingerprint density at radius 1 is 1.11 bits per heavy atom. The molecule has 0 saturated carbocycles. The average Bonchev–Trinajstić information content (AvgIpc) is 2.70. The normalized spacial score (nSPS) is 11.5. The van der Waals surface area contributed by atoms with Crippen LogP contribution >= 0.6 is 0 Å². The minimum atomic E-state index is -0.662. The molecule has 1 atom stereocenters. The largest absolute Gasteiger partial charge is 0.351 e. The SMILES string of the molecule is C=CCNC(=O)[C@H](Cc1ccccc1)N(Cc1ccc(F)cc1)C(=O)CC. The van der Waals surface area contributed by atoms with Crippen LogP contribution in [0.2, 0.25) is 0 Å². The van der Waals surface area contributed by atoms with Crippen LogP contribution in [0.3, 0.4) is 0 Å². The van der Waals surface area contributed by atoms with Crippen LogP contribution in [0.5, 0.6) is 0 Å². The van der Waals surface area contributed by atoms with Crippen molar-refractivity contribution in [1.29, 1.82) is 0 Å². The summed E-state index contributed by atoms with van der Waals surface area (Å²) in [4.78, 5) is 27.0. The lowest BCUT2D eigenvalue weighted by atomic mass is 10.0. The molecule has 2 amide bonds. The number of benzene rings is 2. The summed E-state index contributed by atoms with van der Waals surface area (Å²) in [7, 11) is 0. The van der Waals surface area contributed by atoms with E-state index in [2.05, 4.69) is 11.9 Å². The van der Waals surface area contributed by atoms with E-state index in [0.29, 0.717) is 13.0 Å². The summed E-state index contributed by atoms with van der Waals surface area (Å²) in [5, 5.41) is 2.80. The zero-order chi connectivity index (χ0) is 19.6. The summed E-state index contributed by atoms with van der Waals surface area (Å²) < 4.78 is 13.2. The molecule has 0 aliphatic carbocycles.